The van der Waals surface area contributed by atoms with Crippen LogP contribution in [0, 0.1) is 0 Å². The normalized spacial score (nSPS) is 13.5. The highest BCUT2D eigenvalue weighted by atomic mass is 28.2. The maximum absolute atomic E-state index is 13.1. The van der Waals surface area contributed by atoms with Crippen LogP contribution >= 0.6 is 0 Å². The van der Waals surface area contributed by atoms with Crippen LogP contribution in [0.15, 0.2) is 84.9 Å². The van der Waals surface area contributed by atoms with Crippen molar-refractivity contribution < 1.29 is 14.3 Å². The van der Waals surface area contributed by atoms with Crippen molar-refractivity contribution in [3.63, 3.8) is 0 Å². The highest BCUT2D eigenvalue weighted by molar-refractivity contribution is 5.98. The Morgan fingerprint density at radius 3 is 1.90 bits per heavy atom. The molecule has 0 aliphatic carbocycles. The zero-order valence-electron chi connectivity index (χ0n) is 18.7. The van der Waals surface area contributed by atoms with Gasteiger partial charge in [0.15, 0.2) is 5.54 Å². The van der Waals surface area contributed by atoms with Crippen LogP contribution in [0.4, 0.5) is 5.69 Å². The number of aliphatic carboxylic acids is 1. The molecule has 0 unspecified atom stereocenters. The van der Waals surface area contributed by atoms with E-state index in [4.69, 9.17) is 4.43 Å². The van der Waals surface area contributed by atoms with Gasteiger partial charge in [0.2, 0.25) is 0 Å². The monoisotopic (exact) mass is 433 g/mol. The minimum atomic E-state index is -1.31. The molecule has 0 amide bonds. The van der Waals surface area contributed by atoms with E-state index in [1.54, 1.807) is 0 Å². The summed E-state index contributed by atoms with van der Waals surface area (Å²) in [4.78, 5) is 14.9. The molecule has 0 aliphatic rings. The maximum atomic E-state index is 13.1. The van der Waals surface area contributed by atoms with Crippen molar-refractivity contribution in [3.8, 4) is 0 Å². The van der Waals surface area contributed by atoms with Crippen LogP contribution in [-0.4, -0.2) is 28.3 Å². The van der Waals surface area contributed by atoms with Crippen molar-refractivity contribution in [1.82, 2.24) is 0 Å². The number of carboxylic acids is 1. The molecule has 3 rings (SSSR count). The lowest BCUT2D eigenvalue weighted by Gasteiger charge is -2.42. The second-order valence-electron chi connectivity index (χ2n) is 8.84. The molecule has 0 fully saturated rings. The number of benzene rings is 3. The van der Waals surface area contributed by atoms with E-state index in [1.807, 2.05) is 77.7 Å². The van der Waals surface area contributed by atoms with E-state index in [0.29, 0.717) is 16.9 Å². The zero-order valence-corrected chi connectivity index (χ0v) is 20.7. The molecule has 0 saturated heterocycles. The number of carboxylic acid groups (broad SMARTS) is 1. The van der Waals surface area contributed by atoms with E-state index in [1.165, 1.54) is 5.56 Å². The molecule has 31 heavy (non-hydrogen) atoms. The Labute approximate surface area is 188 Å². The summed E-state index contributed by atoms with van der Waals surface area (Å²) in [6.07, 6.45) is 0.316. The van der Waals surface area contributed by atoms with Crippen LogP contribution in [0.1, 0.15) is 37.5 Å². The Bertz CT molecular complexity index is 985. The van der Waals surface area contributed by atoms with Gasteiger partial charge in [-0.2, -0.15) is 0 Å². The first-order valence-corrected chi connectivity index (χ1v) is 11.3. The molecule has 0 heterocycles. The SMILES string of the molecule is CC(C)(C)c1ccc(C[C@](C(=O)O)(c2ccccc2)N(CO[SiH3])c2ccccc2)cc1. The number of carbonyl (C=O) groups is 1. The molecule has 3 aromatic carbocycles. The molecule has 1 atom stereocenters. The summed E-state index contributed by atoms with van der Waals surface area (Å²) in [6, 6.07) is 27.4. The third-order valence-corrected chi connectivity index (χ3v) is 5.93. The van der Waals surface area contributed by atoms with E-state index < -0.39 is 11.5 Å². The Morgan fingerprint density at radius 2 is 1.42 bits per heavy atom. The average Bonchev–Trinajstić information content (AvgIpc) is 2.77. The fraction of sp³-hybridized carbons (Fsp3) is 0.269. The van der Waals surface area contributed by atoms with Crippen LogP contribution in [0.3, 0.4) is 0 Å². The lowest BCUT2D eigenvalue weighted by atomic mass is 9.80. The Kier molecular flexibility index (Phi) is 6.98. The number of anilines is 1. The van der Waals surface area contributed by atoms with Crippen molar-refractivity contribution >= 4 is 22.1 Å². The molecular weight excluding hydrogens is 402 g/mol. The lowest BCUT2D eigenvalue weighted by Crippen LogP contribution is -2.55. The fourth-order valence-electron chi connectivity index (χ4n) is 3.94. The summed E-state index contributed by atoms with van der Waals surface area (Å²) in [5.41, 5.74) is 2.46. The minimum Gasteiger partial charge on any atom is -0.479 e. The second kappa shape index (κ2) is 9.50. The van der Waals surface area contributed by atoms with E-state index >= 15 is 0 Å². The first kappa shape index (κ1) is 22.8. The van der Waals surface area contributed by atoms with Crippen molar-refractivity contribution in [3.05, 3.63) is 102 Å². The number of rotatable bonds is 8. The van der Waals surface area contributed by atoms with Crippen LogP contribution in [0.25, 0.3) is 0 Å². The van der Waals surface area contributed by atoms with Crippen LogP contribution in [0.5, 0.6) is 0 Å². The van der Waals surface area contributed by atoms with Gasteiger partial charge in [-0.25, -0.2) is 4.79 Å². The minimum absolute atomic E-state index is 0.0403. The van der Waals surface area contributed by atoms with E-state index in [2.05, 4.69) is 32.9 Å². The van der Waals surface area contributed by atoms with Crippen molar-refractivity contribution in [2.45, 2.75) is 38.1 Å². The van der Waals surface area contributed by atoms with Crippen LogP contribution < -0.4 is 4.90 Å². The van der Waals surface area contributed by atoms with Gasteiger partial charge in [-0.3, -0.25) is 0 Å². The summed E-state index contributed by atoms with van der Waals surface area (Å²) >= 11 is 0. The number of nitrogens with zero attached hydrogens (tertiary/aromatic N) is 1. The van der Waals surface area contributed by atoms with Gasteiger partial charge < -0.3 is 14.4 Å². The first-order valence-electron chi connectivity index (χ1n) is 10.5. The Morgan fingerprint density at radius 1 is 0.871 bits per heavy atom. The topological polar surface area (TPSA) is 49.8 Å². The van der Waals surface area contributed by atoms with Gasteiger partial charge in [0.1, 0.15) is 17.2 Å². The molecule has 1 N–H and O–H groups in total. The molecule has 0 bridgehead atoms. The van der Waals surface area contributed by atoms with E-state index in [9.17, 15) is 9.90 Å². The molecule has 0 saturated carbocycles. The first-order chi connectivity index (χ1) is 14.8. The van der Waals surface area contributed by atoms with Gasteiger partial charge in [0.25, 0.3) is 0 Å². The number of para-hydroxylation sites is 1. The second-order valence-corrected chi connectivity index (χ2v) is 9.41. The predicted octanol–water partition coefficient (Wildman–Crippen LogP) is 4.27. The molecule has 0 spiro atoms. The number of hydrogen-bond donors (Lipinski definition) is 1. The van der Waals surface area contributed by atoms with Gasteiger partial charge in [-0.15, -0.1) is 0 Å². The van der Waals surface area contributed by atoms with Crippen molar-refractivity contribution in [1.29, 1.82) is 0 Å². The van der Waals surface area contributed by atoms with Crippen LogP contribution in [0.2, 0.25) is 0 Å². The molecule has 4 nitrogen and oxygen atoms in total. The molecule has 162 valence electrons. The van der Waals surface area contributed by atoms with E-state index in [0.717, 1.165) is 16.8 Å². The van der Waals surface area contributed by atoms with Gasteiger partial charge in [-0.05, 0) is 34.2 Å². The molecule has 0 aliphatic heterocycles. The van der Waals surface area contributed by atoms with Gasteiger partial charge in [0, 0.05) is 12.1 Å². The molecule has 5 heteroatoms. The largest absolute Gasteiger partial charge is 0.479 e. The molecule has 0 radical (unpaired) electrons. The van der Waals surface area contributed by atoms with E-state index in [-0.39, 0.29) is 12.1 Å². The summed E-state index contributed by atoms with van der Waals surface area (Å²) in [5, 5.41) is 10.7. The summed E-state index contributed by atoms with van der Waals surface area (Å²) in [7, 11) is 0.511. The van der Waals surface area contributed by atoms with Gasteiger partial charge in [0.05, 0.1) is 0 Å². The highest BCUT2D eigenvalue weighted by Gasteiger charge is 2.46. The smallest absolute Gasteiger partial charge is 0.334 e. The zero-order chi connectivity index (χ0) is 22.5. The number of hydrogen-bond acceptors (Lipinski definition) is 3. The fourth-order valence-corrected chi connectivity index (χ4v) is 4.20. The Balaban J connectivity index is 2.17. The molecule has 3 aromatic rings. The maximum Gasteiger partial charge on any atom is 0.334 e. The van der Waals surface area contributed by atoms with Crippen LogP contribution in [-0.2, 0) is 26.6 Å². The lowest BCUT2D eigenvalue weighted by molar-refractivity contribution is -0.144. The highest BCUT2D eigenvalue weighted by Crippen LogP contribution is 2.37. The third kappa shape index (κ3) is 4.89. The molecule has 0 aromatic heterocycles. The quantitative estimate of drug-likeness (QED) is 0.426. The van der Waals surface area contributed by atoms with Crippen molar-refractivity contribution in [2.75, 3.05) is 11.6 Å². The third-order valence-electron chi connectivity index (χ3n) is 5.67. The van der Waals surface area contributed by atoms with Gasteiger partial charge >= 0.3 is 5.97 Å². The Hall–Kier alpha value is -2.89. The predicted molar refractivity (Wildman–Crippen MR) is 129 cm³/mol. The van der Waals surface area contributed by atoms with Crippen molar-refractivity contribution in [2.24, 2.45) is 0 Å². The summed E-state index contributed by atoms with van der Waals surface area (Å²) < 4.78 is 5.64. The molecular formula is C26H31NO3Si. The standard InChI is InChI=1S/C26H31NO3Si/c1-25(2,3)21-16-14-20(15-17-21)18-26(24(28)29,22-10-6-4-7-11-22)27(19-30-31)23-12-8-5-9-13-23/h4-17H,18-19H2,1-3,31H3,(H,28,29)/t26-/m1/s1. The summed E-state index contributed by atoms with van der Waals surface area (Å²) in [5.74, 6) is -0.902. The van der Waals surface area contributed by atoms with Gasteiger partial charge in [-0.1, -0.05) is 93.6 Å². The average molecular weight is 434 g/mol. The summed E-state index contributed by atoms with van der Waals surface area (Å²) in [6.45, 7) is 6.73.